The van der Waals surface area contributed by atoms with Gasteiger partial charge in [-0.05, 0) is 56.2 Å². The third kappa shape index (κ3) is 4.79. The van der Waals surface area contributed by atoms with E-state index in [0.717, 1.165) is 17.7 Å². The molecule has 1 unspecified atom stereocenters. The molecule has 0 aliphatic heterocycles. The molecule has 0 radical (unpaired) electrons. The summed E-state index contributed by atoms with van der Waals surface area (Å²) >= 11 is 0. The van der Waals surface area contributed by atoms with E-state index < -0.39 is 0 Å². The van der Waals surface area contributed by atoms with Crippen molar-refractivity contribution in [1.82, 2.24) is 19.7 Å². The Labute approximate surface area is 177 Å². The van der Waals surface area contributed by atoms with Gasteiger partial charge in [-0.2, -0.15) is 5.10 Å². The van der Waals surface area contributed by atoms with E-state index in [1.807, 2.05) is 45.0 Å². The van der Waals surface area contributed by atoms with Crippen molar-refractivity contribution in [2.75, 3.05) is 20.3 Å². The van der Waals surface area contributed by atoms with Crippen LogP contribution in [0.4, 0.5) is 0 Å². The largest absolute Gasteiger partial charge is 0.490 e. The SMILES string of the molecule is CCCOc1ccc(C(=O)N(C)C(C)c2ccc(-n3cncn3)cc2)cc1OCC. The molecule has 7 nitrogen and oxygen atoms in total. The lowest BCUT2D eigenvalue weighted by molar-refractivity contribution is 0.0742. The van der Waals surface area contributed by atoms with Gasteiger partial charge in [-0.15, -0.1) is 0 Å². The maximum absolute atomic E-state index is 13.1. The Morgan fingerprint density at radius 1 is 1.10 bits per heavy atom. The zero-order valence-electron chi connectivity index (χ0n) is 17.9. The van der Waals surface area contributed by atoms with Crippen LogP contribution in [-0.2, 0) is 0 Å². The fourth-order valence-electron chi connectivity index (χ4n) is 3.09. The molecule has 3 aromatic rings. The highest BCUT2D eigenvalue weighted by atomic mass is 16.5. The average molecular weight is 409 g/mol. The van der Waals surface area contributed by atoms with Gasteiger partial charge in [0.15, 0.2) is 11.5 Å². The number of benzene rings is 2. The molecule has 0 saturated heterocycles. The Morgan fingerprint density at radius 3 is 2.50 bits per heavy atom. The smallest absolute Gasteiger partial charge is 0.254 e. The maximum atomic E-state index is 13.1. The minimum Gasteiger partial charge on any atom is -0.490 e. The van der Waals surface area contributed by atoms with Crippen molar-refractivity contribution in [2.24, 2.45) is 0 Å². The number of nitrogens with zero attached hydrogens (tertiary/aromatic N) is 4. The highest BCUT2D eigenvalue weighted by Gasteiger charge is 2.20. The summed E-state index contributed by atoms with van der Waals surface area (Å²) in [5.41, 5.74) is 2.51. The summed E-state index contributed by atoms with van der Waals surface area (Å²) in [6.07, 6.45) is 4.05. The predicted octanol–water partition coefficient (Wildman–Crippen LogP) is 4.29. The van der Waals surface area contributed by atoms with E-state index in [0.29, 0.717) is 30.3 Å². The molecule has 30 heavy (non-hydrogen) atoms. The van der Waals surface area contributed by atoms with Crippen LogP contribution < -0.4 is 9.47 Å². The van der Waals surface area contributed by atoms with Crippen LogP contribution in [0.3, 0.4) is 0 Å². The summed E-state index contributed by atoms with van der Waals surface area (Å²) in [6, 6.07) is 13.2. The van der Waals surface area contributed by atoms with E-state index in [9.17, 15) is 4.79 Å². The van der Waals surface area contributed by atoms with Gasteiger partial charge in [-0.1, -0.05) is 19.1 Å². The Kier molecular flexibility index (Phi) is 7.06. The molecule has 3 rings (SSSR count). The third-order valence-corrected chi connectivity index (χ3v) is 4.91. The number of rotatable bonds is 9. The zero-order valence-corrected chi connectivity index (χ0v) is 17.9. The molecule has 2 aromatic carbocycles. The van der Waals surface area contributed by atoms with Crippen molar-refractivity contribution >= 4 is 5.91 Å². The van der Waals surface area contributed by atoms with Crippen molar-refractivity contribution in [3.63, 3.8) is 0 Å². The van der Waals surface area contributed by atoms with Gasteiger partial charge in [0.1, 0.15) is 12.7 Å². The molecule has 1 aromatic heterocycles. The quantitative estimate of drug-likeness (QED) is 0.528. The molecule has 0 bridgehead atoms. The lowest BCUT2D eigenvalue weighted by Gasteiger charge is -2.26. The molecule has 7 heteroatoms. The van der Waals surface area contributed by atoms with Crippen LogP contribution in [0.5, 0.6) is 11.5 Å². The van der Waals surface area contributed by atoms with Crippen molar-refractivity contribution in [3.8, 4) is 17.2 Å². The predicted molar refractivity (Wildman–Crippen MR) is 115 cm³/mol. The van der Waals surface area contributed by atoms with Gasteiger partial charge >= 0.3 is 0 Å². The van der Waals surface area contributed by atoms with Gasteiger partial charge in [0.25, 0.3) is 5.91 Å². The second-order valence-electron chi connectivity index (χ2n) is 6.97. The van der Waals surface area contributed by atoms with E-state index in [-0.39, 0.29) is 11.9 Å². The highest BCUT2D eigenvalue weighted by Crippen LogP contribution is 2.30. The molecule has 0 aliphatic carbocycles. The van der Waals surface area contributed by atoms with E-state index in [4.69, 9.17) is 9.47 Å². The summed E-state index contributed by atoms with van der Waals surface area (Å²) in [6.45, 7) is 7.08. The summed E-state index contributed by atoms with van der Waals surface area (Å²) in [5.74, 6) is 1.18. The van der Waals surface area contributed by atoms with Gasteiger partial charge in [0.2, 0.25) is 0 Å². The van der Waals surface area contributed by atoms with Crippen LogP contribution in [0.1, 0.15) is 49.2 Å². The number of hydrogen-bond acceptors (Lipinski definition) is 5. The number of amides is 1. The van der Waals surface area contributed by atoms with Gasteiger partial charge in [-0.25, -0.2) is 9.67 Å². The standard InChI is InChI=1S/C23H28N4O3/c1-5-13-30-21-12-9-19(14-22(21)29-6-2)23(28)26(4)17(3)18-7-10-20(11-8-18)27-16-24-15-25-27/h7-12,14-17H,5-6,13H2,1-4H3. The van der Waals surface area contributed by atoms with E-state index in [2.05, 4.69) is 10.1 Å². The van der Waals surface area contributed by atoms with E-state index in [1.54, 1.807) is 41.2 Å². The summed E-state index contributed by atoms with van der Waals surface area (Å²) in [7, 11) is 1.81. The van der Waals surface area contributed by atoms with E-state index in [1.165, 1.54) is 6.33 Å². The molecule has 158 valence electrons. The zero-order chi connectivity index (χ0) is 21.5. The normalized spacial score (nSPS) is 11.7. The number of hydrogen-bond donors (Lipinski definition) is 0. The fourth-order valence-corrected chi connectivity index (χ4v) is 3.09. The molecule has 1 heterocycles. The van der Waals surface area contributed by atoms with Gasteiger partial charge in [0, 0.05) is 12.6 Å². The van der Waals surface area contributed by atoms with Crippen LogP contribution in [0.25, 0.3) is 5.69 Å². The molecule has 0 spiro atoms. The number of carbonyl (C=O) groups excluding carboxylic acids is 1. The van der Waals surface area contributed by atoms with Crippen molar-refractivity contribution < 1.29 is 14.3 Å². The number of ether oxygens (including phenoxy) is 2. The van der Waals surface area contributed by atoms with Crippen LogP contribution in [0, 0.1) is 0 Å². The summed E-state index contributed by atoms with van der Waals surface area (Å²) < 4.78 is 13.1. The van der Waals surface area contributed by atoms with Crippen LogP contribution in [-0.4, -0.2) is 45.8 Å². The minimum atomic E-state index is -0.103. The topological polar surface area (TPSA) is 69.5 Å². The minimum absolute atomic E-state index is 0.0779. The third-order valence-electron chi connectivity index (χ3n) is 4.91. The molecule has 0 aliphatic rings. The lowest BCUT2D eigenvalue weighted by atomic mass is 10.1. The first kappa shape index (κ1) is 21.4. The molecular weight excluding hydrogens is 380 g/mol. The lowest BCUT2D eigenvalue weighted by Crippen LogP contribution is -2.29. The van der Waals surface area contributed by atoms with Crippen molar-refractivity contribution in [2.45, 2.75) is 33.2 Å². The Balaban J connectivity index is 1.76. The van der Waals surface area contributed by atoms with Gasteiger partial charge < -0.3 is 14.4 Å². The first-order valence-electron chi connectivity index (χ1n) is 10.2. The van der Waals surface area contributed by atoms with Gasteiger partial charge in [0.05, 0.1) is 24.9 Å². The Morgan fingerprint density at radius 2 is 1.87 bits per heavy atom. The monoisotopic (exact) mass is 408 g/mol. The first-order valence-corrected chi connectivity index (χ1v) is 10.2. The molecule has 1 atom stereocenters. The molecule has 0 fully saturated rings. The fraction of sp³-hybridized carbons (Fsp3) is 0.348. The van der Waals surface area contributed by atoms with Crippen LogP contribution in [0.2, 0.25) is 0 Å². The van der Waals surface area contributed by atoms with Crippen LogP contribution >= 0.6 is 0 Å². The highest BCUT2D eigenvalue weighted by molar-refractivity contribution is 5.95. The molecular formula is C23H28N4O3. The second kappa shape index (κ2) is 9.91. The maximum Gasteiger partial charge on any atom is 0.254 e. The van der Waals surface area contributed by atoms with E-state index >= 15 is 0 Å². The summed E-state index contributed by atoms with van der Waals surface area (Å²) in [5, 5.41) is 4.13. The summed E-state index contributed by atoms with van der Waals surface area (Å²) in [4.78, 5) is 18.8. The van der Waals surface area contributed by atoms with Gasteiger partial charge in [-0.3, -0.25) is 4.79 Å². The molecule has 0 saturated carbocycles. The molecule has 0 N–H and O–H groups in total. The number of carbonyl (C=O) groups is 1. The van der Waals surface area contributed by atoms with Crippen LogP contribution in [0.15, 0.2) is 55.1 Å². The van der Waals surface area contributed by atoms with Crippen molar-refractivity contribution in [3.05, 3.63) is 66.2 Å². The first-order chi connectivity index (χ1) is 14.5. The Hall–Kier alpha value is -3.35. The average Bonchev–Trinajstić information content (AvgIpc) is 3.32. The Bertz CT molecular complexity index is 955. The second-order valence-corrected chi connectivity index (χ2v) is 6.97. The number of aromatic nitrogens is 3. The van der Waals surface area contributed by atoms with Crippen molar-refractivity contribution in [1.29, 1.82) is 0 Å². The molecule has 1 amide bonds.